The molecule has 0 aliphatic heterocycles. The molecule has 3 rings (SSSR count). The van der Waals surface area contributed by atoms with Gasteiger partial charge in [-0.3, -0.25) is 14.4 Å². The Morgan fingerprint density at radius 2 is 1.61 bits per heavy atom. The van der Waals surface area contributed by atoms with Gasteiger partial charge in [-0.2, -0.15) is 0 Å². The van der Waals surface area contributed by atoms with Crippen molar-refractivity contribution < 1.29 is 23.9 Å². The van der Waals surface area contributed by atoms with E-state index in [1.165, 1.54) is 18.2 Å². The molecule has 140 valence electrons. The van der Waals surface area contributed by atoms with E-state index in [0.717, 1.165) is 0 Å². The van der Waals surface area contributed by atoms with Gasteiger partial charge in [0.15, 0.2) is 18.2 Å². The maximum atomic E-state index is 12.9. The number of rotatable bonds is 5. The van der Waals surface area contributed by atoms with E-state index in [1.54, 1.807) is 55.5 Å². The number of nitrogens with one attached hydrogen (secondary N) is 1. The number of benzene rings is 2. The molecule has 0 saturated carbocycles. The van der Waals surface area contributed by atoms with Gasteiger partial charge in [-0.1, -0.05) is 54.6 Å². The van der Waals surface area contributed by atoms with Crippen molar-refractivity contribution in [1.29, 1.82) is 0 Å². The Balaban J connectivity index is 1.78. The highest BCUT2D eigenvalue weighted by Gasteiger charge is 2.31. The van der Waals surface area contributed by atoms with Crippen molar-refractivity contribution in [3.05, 3.63) is 89.0 Å². The van der Waals surface area contributed by atoms with Crippen molar-refractivity contribution in [2.24, 2.45) is 0 Å². The highest BCUT2D eigenvalue weighted by Crippen LogP contribution is 2.31. The van der Waals surface area contributed by atoms with Gasteiger partial charge in [0.1, 0.15) is 0 Å². The van der Waals surface area contributed by atoms with Gasteiger partial charge in [0.05, 0.1) is 11.3 Å². The number of amides is 1. The molecule has 1 aliphatic carbocycles. The summed E-state index contributed by atoms with van der Waals surface area (Å²) in [6.45, 7) is 1.29. The predicted molar refractivity (Wildman–Crippen MR) is 103 cm³/mol. The summed E-state index contributed by atoms with van der Waals surface area (Å²) >= 11 is 0. The normalized spacial score (nSPS) is 12.8. The Bertz CT molecular complexity index is 1030. The average molecular weight is 375 g/mol. The van der Waals surface area contributed by atoms with E-state index in [2.05, 4.69) is 5.32 Å². The summed E-state index contributed by atoms with van der Waals surface area (Å²) in [6.07, 6.45) is 6.08. The summed E-state index contributed by atoms with van der Waals surface area (Å²) in [6, 6.07) is 11.2. The highest BCUT2D eigenvalue weighted by atomic mass is 16.5. The highest BCUT2D eigenvalue weighted by molar-refractivity contribution is 6.30. The zero-order valence-electron chi connectivity index (χ0n) is 15.1. The zero-order chi connectivity index (χ0) is 20.1. The number of hydrogen-bond donors (Lipinski definition) is 1. The van der Waals surface area contributed by atoms with Crippen LogP contribution in [0.3, 0.4) is 0 Å². The summed E-state index contributed by atoms with van der Waals surface area (Å²) in [4.78, 5) is 49.2. The summed E-state index contributed by atoms with van der Waals surface area (Å²) in [5.74, 6) is -1.89. The van der Waals surface area contributed by atoms with Crippen LogP contribution in [-0.4, -0.2) is 30.0 Å². The van der Waals surface area contributed by atoms with Gasteiger partial charge in [-0.15, -0.1) is 0 Å². The molecule has 6 nitrogen and oxygen atoms in total. The van der Waals surface area contributed by atoms with Gasteiger partial charge in [-0.25, -0.2) is 4.79 Å². The molecule has 1 N–H and O–H groups in total. The molecule has 0 radical (unpaired) electrons. The molecule has 1 aliphatic rings. The smallest absolute Gasteiger partial charge is 0.331 e. The van der Waals surface area contributed by atoms with Crippen molar-refractivity contribution >= 4 is 29.1 Å². The first-order valence-electron chi connectivity index (χ1n) is 8.60. The van der Waals surface area contributed by atoms with Gasteiger partial charge in [0.25, 0.3) is 5.91 Å². The minimum absolute atomic E-state index is 0.138. The van der Waals surface area contributed by atoms with Crippen LogP contribution in [0.1, 0.15) is 38.8 Å². The van der Waals surface area contributed by atoms with Crippen LogP contribution in [0, 0.1) is 0 Å². The lowest BCUT2D eigenvalue weighted by Crippen LogP contribution is -2.25. The fraction of sp³-hybridized carbons (Fsp3) is 0.0909. The molecule has 1 amide bonds. The fourth-order valence-electron chi connectivity index (χ4n) is 2.87. The van der Waals surface area contributed by atoms with E-state index in [4.69, 9.17) is 4.74 Å². The summed E-state index contributed by atoms with van der Waals surface area (Å²) in [5, 5.41) is 2.55. The standard InChI is InChI=1S/C22H17NO5/c1-2-3-4-12-19(25)28-13-18(24)23-17-11-7-10-16-20(17)22(27)15-9-6-5-8-14(15)21(16)26/h2-12H,13H2,1H3,(H,23,24). The molecule has 6 heteroatoms. The van der Waals surface area contributed by atoms with Crippen molar-refractivity contribution in [3.8, 4) is 0 Å². The number of ether oxygens (including phenoxy) is 1. The summed E-state index contributed by atoms with van der Waals surface area (Å²) in [7, 11) is 0. The first kappa shape index (κ1) is 19.0. The third-order valence-electron chi connectivity index (χ3n) is 4.11. The van der Waals surface area contributed by atoms with Crippen LogP contribution in [0.4, 0.5) is 5.69 Å². The van der Waals surface area contributed by atoms with Gasteiger partial charge in [0, 0.05) is 22.8 Å². The predicted octanol–water partition coefficient (Wildman–Crippen LogP) is 3.08. The van der Waals surface area contributed by atoms with Crippen molar-refractivity contribution in [2.45, 2.75) is 6.92 Å². The molecule has 28 heavy (non-hydrogen) atoms. The van der Waals surface area contributed by atoms with Crippen molar-refractivity contribution in [1.82, 2.24) is 0 Å². The minimum Gasteiger partial charge on any atom is -0.452 e. The molecular weight excluding hydrogens is 358 g/mol. The Labute approximate surface area is 161 Å². The third-order valence-corrected chi connectivity index (χ3v) is 4.11. The molecule has 0 heterocycles. The maximum Gasteiger partial charge on any atom is 0.331 e. The van der Waals surface area contributed by atoms with E-state index in [1.807, 2.05) is 0 Å². The zero-order valence-corrected chi connectivity index (χ0v) is 15.1. The molecule has 2 aromatic rings. The summed E-state index contributed by atoms with van der Waals surface area (Å²) in [5.41, 5.74) is 1.20. The van der Waals surface area contributed by atoms with Crippen LogP contribution < -0.4 is 5.32 Å². The Hall–Kier alpha value is -3.80. The number of esters is 1. The van der Waals surface area contributed by atoms with Crippen LogP contribution in [0.15, 0.2) is 66.8 Å². The average Bonchev–Trinajstić information content (AvgIpc) is 2.70. The topological polar surface area (TPSA) is 89.5 Å². The molecule has 0 unspecified atom stereocenters. The number of ketones is 2. The third kappa shape index (κ3) is 3.81. The van der Waals surface area contributed by atoms with Crippen LogP contribution in [-0.2, 0) is 14.3 Å². The van der Waals surface area contributed by atoms with E-state index in [-0.39, 0.29) is 28.4 Å². The molecule has 2 aromatic carbocycles. The van der Waals surface area contributed by atoms with E-state index in [9.17, 15) is 19.2 Å². The van der Waals surface area contributed by atoms with Crippen LogP contribution >= 0.6 is 0 Å². The number of hydrogen-bond acceptors (Lipinski definition) is 5. The van der Waals surface area contributed by atoms with E-state index in [0.29, 0.717) is 11.1 Å². The Morgan fingerprint density at radius 3 is 2.32 bits per heavy atom. The Kier molecular flexibility index (Phi) is 5.60. The minimum atomic E-state index is -0.663. The molecular formula is C22H17NO5. The van der Waals surface area contributed by atoms with Crippen LogP contribution in [0.5, 0.6) is 0 Å². The molecule has 0 aromatic heterocycles. The monoisotopic (exact) mass is 375 g/mol. The second-order valence-electron chi connectivity index (χ2n) is 5.97. The lowest BCUT2D eigenvalue weighted by molar-refractivity contribution is -0.142. The van der Waals surface area contributed by atoms with Gasteiger partial charge >= 0.3 is 5.97 Å². The first-order chi connectivity index (χ1) is 13.5. The summed E-state index contributed by atoms with van der Waals surface area (Å²) < 4.78 is 4.85. The van der Waals surface area contributed by atoms with Gasteiger partial charge in [0.2, 0.25) is 0 Å². The maximum absolute atomic E-state index is 12.9. The SMILES string of the molecule is CC=CC=CC(=O)OCC(=O)Nc1cccc2c1C(=O)c1ccccc1C2=O. The van der Waals surface area contributed by atoms with Gasteiger partial charge < -0.3 is 10.1 Å². The quantitative estimate of drug-likeness (QED) is 0.420. The number of allylic oxidation sites excluding steroid dienone is 3. The first-order valence-corrected chi connectivity index (χ1v) is 8.60. The molecule has 0 fully saturated rings. The number of fused-ring (bicyclic) bond motifs is 2. The lowest BCUT2D eigenvalue weighted by Gasteiger charge is -2.20. The molecule has 0 saturated heterocycles. The molecule has 0 spiro atoms. The Morgan fingerprint density at radius 1 is 0.929 bits per heavy atom. The molecule has 0 atom stereocenters. The van der Waals surface area contributed by atoms with Crippen molar-refractivity contribution in [2.75, 3.05) is 11.9 Å². The van der Waals surface area contributed by atoms with Crippen molar-refractivity contribution in [3.63, 3.8) is 0 Å². The number of carbonyl (C=O) groups is 4. The van der Waals surface area contributed by atoms with E-state index >= 15 is 0 Å². The molecule has 0 bridgehead atoms. The van der Waals surface area contributed by atoms with E-state index < -0.39 is 18.5 Å². The van der Waals surface area contributed by atoms with Gasteiger partial charge in [-0.05, 0) is 13.0 Å². The second kappa shape index (κ2) is 8.26. The lowest BCUT2D eigenvalue weighted by atomic mass is 9.83. The largest absolute Gasteiger partial charge is 0.452 e. The van der Waals surface area contributed by atoms with Crippen LogP contribution in [0.2, 0.25) is 0 Å². The fourth-order valence-corrected chi connectivity index (χ4v) is 2.87. The van der Waals surface area contributed by atoms with Crippen LogP contribution in [0.25, 0.3) is 0 Å². The number of carbonyl (C=O) groups excluding carboxylic acids is 4. The second-order valence-corrected chi connectivity index (χ2v) is 5.97. The number of anilines is 1.